The van der Waals surface area contributed by atoms with Gasteiger partial charge in [-0.05, 0) is 36.8 Å². The van der Waals surface area contributed by atoms with Crippen molar-refractivity contribution in [2.24, 2.45) is 7.05 Å². The van der Waals surface area contributed by atoms with E-state index in [4.69, 9.17) is 9.84 Å². The van der Waals surface area contributed by atoms with Crippen LogP contribution in [0.25, 0.3) is 16.9 Å². The van der Waals surface area contributed by atoms with E-state index in [1.54, 1.807) is 31.1 Å². The summed E-state index contributed by atoms with van der Waals surface area (Å²) >= 11 is 0. The van der Waals surface area contributed by atoms with E-state index in [1.165, 1.54) is 16.8 Å². The average Bonchev–Trinajstić information content (AvgIpc) is 3.51. The molecule has 0 bridgehead atoms. The van der Waals surface area contributed by atoms with Crippen LogP contribution in [0.2, 0.25) is 0 Å². The first-order valence-corrected chi connectivity index (χ1v) is 13.2. The third kappa shape index (κ3) is 6.03. The molecule has 2 amide bonds. The Labute approximate surface area is 235 Å². The normalized spacial score (nSPS) is 17.1. The van der Waals surface area contributed by atoms with Gasteiger partial charge in [0.15, 0.2) is 11.6 Å². The van der Waals surface area contributed by atoms with Crippen LogP contribution in [0.15, 0.2) is 65.7 Å². The number of urea groups is 1. The average molecular weight is 564 g/mol. The van der Waals surface area contributed by atoms with Crippen LogP contribution >= 0.6 is 0 Å². The minimum absolute atomic E-state index is 0.264. The summed E-state index contributed by atoms with van der Waals surface area (Å²) in [5, 5.41) is 10.7. The van der Waals surface area contributed by atoms with Crippen molar-refractivity contribution >= 4 is 11.8 Å². The van der Waals surface area contributed by atoms with Crippen LogP contribution in [-0.2, 0) is 11.8 Å². The zero-order chi connectivity index (χ0) is 29.1. The van der Waals surface area contributed by atoms with Gasteiger partial charge in [0.2, 0.25) is 0 Å². The Kier molecular flexibility index (Phi) is 8.22. The number of carbonyl (C=O) groups is 1. The highest BCUT2D eigenvalue weighted by molar-refractivity contribution is 5.91. The highest BCUT2D eigenvalue weighted by Gasteiger charge is 2.35. The molecule has 2 unspecified atom stereocenters. The van der Waals surface area contributed by atoms with E-state index in [0.29, 0.717) is 54.4 Å². The van der Waals surface area contributed by atoms with Crippen molar-refractivity contribution in [1.82, 2.24) is 29.5 Å². The number of rotatable bonds is 8. The van der Waals surface area contributed by atoms with Crippen molar-refractivity contribution in [2.75, 3.05) is 38.7 Å². The maximum atomic E-state index is 14.1. The highest BCUT2D eigenvalue weighted by Crippen LogP contribution is 2.31. The molecule has 1 aliphatic rings. The van der Waals surface area contributed by atoms with Crippen LogP contribution in [0.4, 0.5) is 19.4 Å². The lowest BCUT2D eigenvalue weighted by atomic mass is 9.94. The number of benzene rings is 2. The number of likely N-dealkylation sites (tertiary alicyclic amines) is 1. The van der Waals surface area contributed by atoms with E-state index >= 15 is 0 Å². The third-order valence-electron chi connectivity index (χ3n) is 7.27. The Morgan fingerprint density at radius 2 is 1.90 bits per heavy atom. The molecule has 2 aromatic heterocycles. The van der Waals surface area contributed by atoms with Crippen LogP contribution < -0.4 is 16.3 Å². The number of methoxy groups -OCH3 is 1. The number of aromatic nitrogens is 4. The molecule has 0 saturated carbocycles. The van der Waals surface area contributed by atoms with Gasteiger partial charge in [-0.3, -0.25) is 10.2 Å². The van der Waals surface area contributed by atoms with Gasteiger partial charge in [0.05, 0.1) is 18.3 Å². The molecule has 2 N–H and O–H groups in total. The summed E-state index contributed by atoms with van der Waals surface area (Å²) in [5.41, 5.74) is 2.78. The number of halogens is 2. The molecular weight excluding hydrogens is 532 g/mol. The van der Waals surface area contributed by atoms with Gasteiger partial charge in [0.1, 0.15) is 11.5 Å². The number of aryl methyl sites for hydroxylation is 1. The fourth-order valence-corrected chi connectivity index (χ4v) is 5.14. The van der Waals surface area contributed by atoms with E-state index in [1.807, 2.05) is 37.3 Å². The second-order valence-electron chi connectivity index (χ2n) is 10.0. The summed E-state index contributed by atoms with van der Waals surface area (Å²) < 4.78 is 36.0. The number of hydrogen-bond acceptors (Lipinski definition) is 6. The lowest BCUT2D eigenvalue weighted by Gasteiger charge is -2.21. The van der Waals surface area contributed by atoms with Crippen LogP contribution in [0.5, 0.6) is 0 Å². The number of anilines is 1. The van der Waals surface area contributed by atoms with Crippen molar-refractivity contribution in [3.63, 3.8) is 0 Å². The summed E-state index contributed by atoms with van der Waals surface area (Å²) in [6.07, 6.45) is 3.10. The van der Waals surface area contributed by atoms with E-state index < -0.39 is 23.4 Å². The molecule has 0 radical (unpaired) electrons. The van der Waals surface area contributed by atoms with Gasteiger partial charge in [0, 0.05) is 63.2 Å². The summed E-state index contributed by atoms with van der Waals surface area (Å²) in [6.45, 7) is 4.01. The Morgan fingerprint density at radius 1 is 1.12 bits per heavy atom. The Bertz CT molecular complexity index is 1610. The number of nitrogens with zero attached hydrogens (tertiary/aromatic N) is 5. The van der Waals surface area contributed by atoms with E-state index in [-0.39, 0.29) is 12.0 Å². The topological polar surface area (TPSA) is 106 Å². The van der Waals surface area contributed by atoms with Gasteiger partial charge in [-0.25, -0.2) is 28.0 Å². The second kappa shape index (κ2) is 12.0. The van der Waals surface area contributed by atoms with E-state index in [0.717, 1.165) is 11.8 Å². The monoisotopic (exact) mass is 563 g/mol. The van der Waals surface area contributed by atoms with Gasteiger partial charge < -0.3 is 14.6 Å². The molecule has 0 aliphatic carbocycles. The van der Waals surface area contributed by atoms with Crippen molar-refractivity contribution < 1.29 is 18.3 Å². The van der Waals surface area contributed by atoms with Crippen LogP contribution in [0, 0.1) is 18.6 Å². The van der Waals surface area contributed by atoms with E-state index in [2.05, 4.69) is 20.5 Å². The van der Waals surface area contributed by atoms with Gasteiger partial charge in [-0.1, -0.05) is 24.3 Å². The largest absolute Gasteiger partial charge is 0.383 e. The van der Waals surface area contributed by atoms with Gasteiger partial charge >= 0.3 is 11.7 Å². The van der Waals surface area contributed by atoms with Crippen LogP contribution in [0.1, 0.15) is 17.0 Å². The van der Waals surface area contributed by atoms with Crippen molar-refractivity contribution in [3.05, 3.63) is 94.2 Å². The first-order valence-electron chi connectivity index (χ1n) is 13.2. The number of hydrogen-bond donors (Lipinski definition) is 2. The molecule has 5 rings (SSSR count). The summed E-state index contributed by atoms with van der Waals surface area (Å²) in [7, 11) is 3.22. The Balaban J connectivity index is 1.44. The maximum absolute atomic E-state index is 14.1. The highest BCUT2D eigenvalue weighted by atomic mass is 19.2. The Morgan fingerprint density at radius 3 is 2.61 bits per heavy atom. The van der Waals surface area contributed by atoms with Gasteiger partial charge in [-0.15, -0.1) is 0 Å². The summed E-state index contributed by atoms with van der Waals surface area (Å²) in [4.78, 5) is 31.3. The number of nitrogens with one attached hydrogen (secondary N) is 2. The standard InChI is InChI=1S/C29H31F2N7O3/c1-18-26(20-14-32-29(40)36(2)15-20)35-38(21-7-5-4-6-8-21)27(18)34-28(39)33-25-17-37(11-12-41-3)16-22(25)19-9-10-23(30)24(31)13-19/h4-10,13-15,22,25H,11-12,16-17H2,1-3H3,(H2,33,34,39). The molecule has 12 heteroatoms. The van der Waals surface area contributed by atoms with Gasteiger partial charge in [-0.2, -0.15) is 5.10 Å². The molecule has 0 spiro atoms. The number of amides is 2. The molecule has 41 heavy (non-hydrogen) atoms. The third-order valence-corrected chi connectivity index (χ3v) is 7.27. The molecule has 1 fully saturated rings. The minimum atomic E-state index is -0.927. The molecule has 3 heterocycles. The van der Waals surface area contributed by atoms with Crippen LogP contribution in [-0.4, -0.2) is 69.7 Å². The van der Waals surface area contributed by atoms with Crippen LogP contribution in [0.3, 0.4) is 0 Å². The molecule has 2 atom stereocenters. The fourth-order valence-electron chi connectivity index (χ4n) is 5.14. The quantitative estimate of drug-likeness (QED) is 0.340. The summed E-state index contributed by atoms with van der Waals surface area (Å²) in [5.74, 6) is -1.67. The zero-order valence-corrected chi connectivity index (χ0v) is 23.0. The lowest BCUT2D eigenvalue weighted by Crippen LogP contribution is -2.42. The predicted octanol–water partition coefficient (Wildman–Crippen LogP) is 3.46. The second-order valence-corrected chi connectivity index (χ2v) is 10.0. The molecule has 1 aliphatic heterocycles. The number of para-hydroxylation sites is 1. The predicted molar refractivity (Wildman–Crippen MR) is 150 cm³/mol. The minimum Gasteiger partial charge on any atom is -0.383 e. The first-order chi connectivity index (χ1) is 19.7. The smallest absolute Gasteiger partial charge is 0.347 e. The van der Waals surface area contributed by atoms with Crippen molar-refractivity contribution in [3.8, 4) is 16.9 Å². The SMILES string of the molecule is COCCN1CC(NC(=O)Nc2c(C)c(-c3cnc(=O)n(C)c3)nn2-c2ccccc2)C(c2ccc(F)c(F)c2)C1. The molecule has 214 valence electrons. The molecular formula is C29H31F2N7O3. The fraction of sp³-hybridized carbons (Fsp3) is 0.310. The molecule has 2 aromatic carbocycles. The van der Waals surface area contributed by atoms with Crippen molar-refractivity contribution in [2.45, 2.75) is 18.9 Å². The molecule has 4 aromatic rings. The maximum Gasteiger partial charge on any atom is 0.347 e. The number of carbonyl (C=O) groups excluding carboxylic acids is 1. The lowest BCUT2D eigenvalue weighted by molar-refractivity contribution is 0.159. The summed E-state index contributed by atoms with van der Waals surface area (Å²) in [6, 6.07) is 12.3. The zero-order valence-electron chi connectivity index (χ0n) is 23.0. The molecule has 1 saturated heterocycles. The Hall–Kier alpha value is -4.42. The first kappa shape index (κ1) is 28.1. The molecule has 10 nitrogen and oxygen atoms in total. The van der Waals surface area contributed by atoms with E-state index in [9.17, 15) is 18.4 Å². The van der Waals surface area contributed by atoms with Gasteiger partial charge in [0.25, 0.3) is 0 Å². The van der Waals surface area contributed by atoms with Crippen molar-refractivity contribution in [1.29, 1.82) is 0 Å². The number of ether oxygens (including phenoxy) is 1.